The van der Waals surface area contributed by atoms with Crippen molar-refractivity contribution in [2.45, 2.75) is 36.5 Å². The molecule has 0 spiro atoms. The minimum absolute atomic E-state index is 0.196. The van der Waals surface area contributed by atoms with Crippen LogP contribution >= 0.6 is 11.8 Å². The van der Waals surface area contributed by atoms with Crippen LogP contribution in [0.25, 0.3) is 0 Å². The second kappa shape index (κ2) is 6.61. The van der Waals surface area contributed by atoms with Gasteiger partial charge in [-0.1, -0.05) is 19.1 Å². The Morgan fingerprint density at radius 3 is 2.65 bits per heavy atom. The summed E-state index contributed by atoms with van der Waals surface area (Å²) in [7, 11) is 1.92. The first-order valence-corrected chi connectivity index (χ1v) is 6.50. The summed E-state index contributed by atoms with van der Waals surface area (Å²) in [5.41, 5.74) is 0.196. The molecule has 5 heteroatoms. The summed E-state index contributed by atoms with van der Waals surface area (Å²) in [6.45, 7) is 4.20. The second-order valence-electron chi connectivity index (χ2n) is 4.08. The summed E-state index contributed by atoms with van der Waals surface area (Å²) < 4.78 is 0. The first-order chi connectivity index (χ1) is 8.04. The summed E-state index contributed by atoms with van der Waals surface area (Å²) >= 11 is 1.56. The summed E-state index contributed by atoms with van der Waals surface area (Å²) in [6, 6.07) is 7.31. The molecule has 0 aromatic heterocycles. The van der Waals surface area contributed by atoms with E-state index < -0.39 is 0 Å². The number of benzene rings is 1. The standard InChI is InChI=1S/C12H18N2O2S/c1-9(13-3)8-10(2)17-12-7-5-4-6-11(12)14(15)16/h4-7,9-10,13H,8H2,1-3H3. The normalized spacial score (nSPS) is 14.3. The molecule has 4 nitrogen and oxygen atoms in total. The summed E-state index contributed by atoms with van der Waals surface area (Å²) in [5, 5.41) is 14.4. The van der Waals surface area contributed by atoms with Gasteiger partial charge in [0.2, 0.25) is 0 Å². The summed E-state index contributed by atoms with van der Waals surface area (Å²) in [6.07, 6.45) is 0.979. The largest absolute Gasteiger partial charge is 0.317 e. The van der Waals surface area contributed by atoms with Crippen molar-refractivity contribution in [3.05, 3.63) is 34.4 Å². The van der Waals surface area contributed by atoms with Gasteiger partial charge in [0, 0.05) is 17.4 Å². The van der Waals surface area contributed by atoms with Crippen molar-refractivity contribution in [3.8, 4) is 0 Å². The third-order valence-corrected chi connectivity index (χ3v) is 3.76. The molecule has 0 bridgehead atoms. The molecule has 0 heterocycles. The van der Waals surface area contributed by atoms with E-state index in [9.17, 15) is 10.1 Å². The van der Waals surface area contributed by atoms with Gasteiger partial charge in [-0.05, 0) is 26.5 Å². The van der Waals surface area contributed by atoms with E-state index in [0.29, 0.717) is 11.3 Å². The molecule has 94 valence electrons. The Morgan fingerprint density at radius 1 is 1.41 bits per heavy atom. The van der Waals surface area contributed by atoms with E-state index in [2.05, 4.69) is 19.2 Å². The van der Waals surface area contributed by atoms with Crippen molar-refractivity contribution in [1.29, 1.82) is 0 Å². The van der Waals surface area contributed by atoms with Crippen LogP contribution in [-0.4, -0.2) is 23.3 Å². The van der Waals surface area contributed by atoms with Gasteiger partial charge in [-0.2, -0.15) is 0 Å². The van der Waals surface area contributed by atoms with Gasteiger partial charge in [-0.25, -0.2) is 0 Å². The lowest BCUT2D eigenvalue weighted by Crippen LogP contribution is -2.24. The third-order valence-electron chi connectivity index (χ3n) is 2.57. The number of thioether (sulfide) groups is 1. The molecular formula is C12H18N2O2S. The predicted molar refractivity (Wildman–Crippen MR) is 71.6 cm³/mol. The lowest BCUT2D eigenvalue weighted by Gasteiger charge is -2.16. The maximum Gasteiger partial charge on any atom is 0.282 e. The molecule has 1 aromatic carbocycles. The number of nitro benzene ring substituents is 1. The van der Waals surface area contributed by atoms with E-state index in [-0.39, 0.29) is 10.6 Å². The second-order valence-corrected chi connectivity index (χ2v) is 5.56. The number of rotatable bonds is 6. The van der Waals surface area contributed by atoms with E-state index in [0.717, 1.165) is 11.3 Å². The monoisotopic (exact) mass is 254 g/mol. The van der Waals surface area contributed by atoms with Crippen LogP contribution in [0.4, 0.5) is 5.69 Å². The number of nitrogens with zero attached hydrogens (tertiary/aromatic N) is 1. The van der Waals surface area contributed by atoms with Crippen LogP contribution in [0.3, 0.4) is 0 Å². The van der Waals surface area contributed by atoms with Crippen molar-refractivity contribution in [2.75, 3.05) is 7.05 Å². The van der Waals surface area contributed by atoms with Crippen LogP contribution in [-0.2, 0) is 0 Å². The smallest absolute Gasteiger partial charge is 0.282 e. The van der Waals surface area contributed by atoms with Crippen LogP contribution < -0.4 is 5.32 Å². The fraction of sp³-hybridized carbons (Fsp3) is 0.500. The fourth-order valence-electron chi connectivity index (χ4n) is 1.59. The van der Waals surface area contributed by atoms with Gasteiger partial charge in [0.25, 0.3) is 5.69 Å². The van der Waals surface area contributed by atoms with Crippen LogP contribution in [0.1, 0.15) is 20.3 Å². The van der Waals surface area contributed by atoms with E-state index in [1.165, 1.54) is 0 Å². The number of hydrogen-bond acceptors (Lipinski definition) is 4. The average Bonchev–Trinajstić information content (AvgIpc) is 2.29. The van der Waals surface area contributed by atoms with Crippen molar-refractivity contribution in [2.24, 2.45) is 0 Å². The Hall–Kier alpha value is -1.07. The highest BCUT2D eigenvalue weighted by atomic mass is 32.2. The summed E-state index contributed by atoms with van der Waals surface area (Å²) in [4.78, 5) is 11.3. The van der Waals surface area contributed by atoms with E-state index in [4.69, 9.17) is 0 Å². The minimum atomic E-state index is -0.323. The summed E-state index contributed by atoms with van der Waals surface area (Å²) in [5.74, 6) is 0. The Morgan fingerprint density at radius 2 is 2.06 bits per heavy atom. The highest BCUT2D eigenvalue weighted by molar-refractivity contribution is 8.00. The molecule has 2 unspecified atom stereocenters. The predicted octanol–water partition coefficient (Wildman–Crippen LogP) is 3.07. The van der Waals surface area contributed by atoms with Gasteiger partial charge in [0.15, 0.2) is 0 Å². The van der Waals surface area contributed by atoms with Crippen molar-refractivity contribution >= 4 is 17.4 Å². The van der Waals surface area contributed by atoms with Crippen LogP contribution in [0.2, 0.25) is 0 Å². The number of nitrogens with one attached hydrogen (secondary N) is 1. The quantitative estimate of drug-likeness (QED) is 0.481. The molecular weight excluding hydrogens is 236 g/mol. The van der Waals surface area contributed by atoms with E-state index in [1.54, 1.807) is 23.9 Å². The third kappa shape index (κ3) is 4.36. The Labute approximate surface area is 106 Å². The molecule has 1 aromatic rings. The van der Waals surface area contributed by atoms with Gasteiger partial charge < -0.3 is 5.32 Å². The Balaban J connectivity index is 2.71. The Kier molecular flexibility index (Phi) is 5.44. The van der Waals surface area contributed by atoms with E-state index in [1.807, 2.05) is 19.2 Å². The molecule has 0 amide bonds. The fourth-order valence-corrected chi connectivity index (χ4v) is 2.83. The molecule has 0 saturated carbocycles. The number of nitro groups is 1. The zero-order valence-corrected chi connectivity index (χ0v) is 11.2. The van der Waals surface area contributed by atoms with Gasteiger partial charge in [0.1, 0.15) is 0 Å². The molecule has 0 saturated heterocycles. The maximum absolute atomic E-state index is 10.9. The number of hydrogen-bond donors (Lipinski definition) is 1. The van der Waals surface area contributed by atoms with Gasteiger partial charge in [-0.3, -0.25) is 10.1 Å². The number of para-hydroxylation sites is 1. The topological polar surface area (TPSA) is 55.2 Å². The SMILES string of the molecule is CNC(C)CC(C)Sc1ccccc1[N+](=O)[O-]. The molecule has 1 rings (SSSR count). The molecule has 0 aliphatic carbocycles. The van der Waals surface area contributed by atoms with Crippen molar-refractivity contribution in [1.82, 2.24) is 5.32 Å². The minimum Gasteiger partial charge on any atom is -0.317 e. The highest BCUT2D eigenvalue weighted by Crippen LogP contribution is 2.33. The average molecular weight is 254 g/mol. The van der Waals surface area contributed by atoms with Crippen molar-refractivity contribution < 1.29 is 4.92 Å². The molecule has 1 N–H and O–H groups in total. The zero-order valence-electron chi connectivity index (χ0n) is 10.3. The maximum atomic E-state index is 10.9. The lowest BCUT2D eigenvalue weighted by atomic mass is 10.2. The van der Waals surface area contributed by atoms with Gasteiger partial charge in [-0.15, -0.1) is 11.8 Å². The Bertz CT molecular complexity index is 385. The highest BCUT2D eigenvalue weighted by Gasteiger charge is 2.16. The first-order valence-electron chi connectivity index (χ1n) is 5.62. The molecule has 2 atom stereocenters. The molecule has 17 heavy (non-hydrogen) atoms. The molecule has 0 radical (unpaired) electrons. The van der Waals surface area contributed by atoms with Crippen LogP contribution in [0, 0.1) is 10.1 Å². The van der Waals surface area contributed by atoms with Crippen LogP contribution in [0.15, 0.2) is 29.2 Å². The van der Waals surface area contributed by atoms with E-state index >= 15 is 0 Å². The molecule has 0 aliphatic rings. The molecule has 0 aliphatic heterocycles. The van der Waals surface area contributed by atoms with Crippen LogP contribution in [0.5, 0.6) is 0 Å². The lowest BCUT2D eigenvalue weighted by molar-refractivity contribution is -0.387. The zero-order chi connectivity index (χ0) is 12.8. The molecule has 0 fully saturated rings. The first kappa shape index (κ1) is 14.0. The van der Waals surface area contributed by atoms with Gasteiger partial charge in [0.05, 0.1) is 9.82 Å². The van der Waals surface area contributed by atoms with Gasteiger partial charge >= 0.3 is 0 Å². The van der Waals surface area contributed by atoms with Crippen molar-refractivity contribution in [3.63, 3.8) is 0 Å².